The predicted octanol–water partition coefficient (Wildman–Crippen LogP) is 3.01. The fraction of sp³-hybridized carbons (Fsp3) is 0.600. The number of rotatable bonds is 8. The summed E-state index contributed by atoms with van der Waals surface area (Å²) in [5.41, 5.74) is 2.81. The van der Waals surface area contributed by atoms with Gasteiger partial charge in [0, 0.05) is 20.2 Å². The third-order valence-electron chi connectivity index (χ3n) is 2.81. The van der Waals surface area contributed by atoms with Gasteiger partial charge in [-0.05, 0) is 29.9 Å². The Morgan fingerprint density at radius 1 is 1.24 bits per heavy atom. The van der Waals surface area contributed by atoms with Gasteiger partial charge >= 0.3 is 0 Å². The molecular formula is C15H25NO. The van der Waals surface area contributed by atoms with Crippen LogP contribution in [0.5, 0.6) is 0 Å². The van der Waals surface area contributed by atoms with Gasteiger partial charge in [-0.1, -0.05) is 38.1 Å². The maximum absolute atomic E-state index is 5.01. The Kier molecular flexibility index (Phi) is 6.90. The molecule has 17 heavy (non-hydrogen) atoms. The molecule has 0 aliphatic heterocycles. The van der Waals surface area contributed by atoms with Crippen LogP contribution in [0.15, 0.2) is 24.3 Å². The van der Waals surface area contributed by atoms with Crippen LogP contribution in [0.1, 0.15) is 31.4 Å². The topological polar surface area (TPSA) is 21.3 Å². The van der Waals surface area contributed by atoms with Crippen molar-refractivity contribution >= 4 is 0 Å². The van der Waals surface area contributed by atoms with Crippen molar-refractivity contribution in [2.75, 3.05) is 20.3 Å². The van der Waals surface area contributed by atoms with E-state index >= 15 is 0 Å². The summed E-state index contributed by atoms with van der Waals surface area (Å²) in [5, 5.41) is 3.37. The van der Waals surface area contributed by atoms with E-state index in [1.807, 2.05) is 0 Å². The molecule has 0 radical (unpaired) electrons. The highest BCUT2D eigenvalue weighted by Crippen LogP contribution is 2.11. The van der Waals surface area contributed by atoms with E-state index in [4.69, 9.17) is 4.74 Å². The SMILES string of the molecule is COCCNCc1cccc(CCC(C)C)c1. The van der Waals surface area contributed by atoms with Crippen molar-refractivity contribution in [3.8, 4) is 0 Å². The van der Waals surface area contributed by atoms with Crippen LogP contribution in [0.3, 0.4) is 0 Å². The zero-order chi connectivity index (χ0) is 12.5. The van der Waals surface area contributed by atoms with Crippen molar-refractivity contribution in [1.29, 1.82) is 0 Å². The van der Waals surface area contributed by atoms with Crippen LogP contribution >= 0.6 is 0 Å². The number of hydrogen-bond acceptors (Lipinski definition) is 2. The highest BCUT2D eigenvalue weighted by Gasteiger charge is 1.98. The van der Waals surface area contributed by atoms with Gasteiger partial charge in [-0.25, -0.2) is 0 Å². The summed E-state index contributed by atoms with van der Waals surface area (Å²) < 4.78 is 5.01. The van der Waals surface area contributed by atoms with Gasteiger partial charge in [0.2, 0.25) is 0 Å². The van der Waals surface area contributed by atoms with Crippen molar-refractivity contribution < 1.29 is 4.74 Å². The molecule has 0 heterocycles. The highest BCUT2D eigenvalue weighted by molar-refractivity contribution is 5.23. The predicted molar refractivity (Wildman–Crippen MR) is 73.2 cm³/mol. The third-order valence-corrected chi connectivity index (χ3v) is 2.81. The first-order valence-corrected chi connectivity index (χ1v) is 6.50. The molecule has 0 saturated carbocycles. The lowest BCUT2D eigenvalue weighted by molar-refractivity contribution is 0.199. The Bertz CT molecular complexity index is 310. The normalized spacial score (nSPS) is 11.1. The molecule has 1 aromatic rings. The average molecular weight is 235 g/mol. The van der Waals surface area contributed by atoms with Gasteiger partial charge < -0.3 is 10.1 Å². The summed E-state index contributed by atoms with van der Waals surface area (Å²) in [4.78, 5) is 0. The van der Waals surface area contributed by atoms with Crippen LogP contribution in [-0.2, 0) is 17.7 Å². The van der Waals surface area contributed by atoms with Crippen LogP contribution in [0.4, 0.5) is 0 Å². The second-order valence-electron chi connectivity index (χ2n) is 4.92. The average Bonchev–Trinajstić information content (AvgIpc) is 2.33. The van der Waals surface area contributed by atoms with Gasteiger partial charge in [0.25, 0.3) is 0 Å². The zero-order valence-corrected chi connectivity index (χ0v) is 11.3. The monoisotopic (exact) mass is 235 g/mol. The summed E-state index contributed by atoms with van der Waals surface area (Å²) >= 11 is 0. The summed E-state index contributed by atoms with van der Waals surface area (Å²) in [6.07, 6.45) is 2.45. The molecule has 0 saturated heterocycles. The minimum absolute atomic E-state index is 0.771. The maximum atomic E-state index is 5.01. The maximum Gasteiger partial charge on any atom is 0.0587 e. The van der Waals surface area contributed by atoms with Crippen LogP contribution in [0.25, 0.3) is 0 Å². The number of ether oxygens (including phenoxy) is 1. The minimum atomic E-state index is 0.771. The number of methoxy groups -OCH3 is 1. The summed E-state index contributed by atoms with van der Waals surface area (Å²) in [6, 6.07) is 8.87. The van der Waals surface area contributed by atoms with Gasteiger partial charge in [-0.15, -0.1) is 0 Å². The number of hydrogen-bond donors (Lipinski definition) is 1. The molecular weight excluding hydrogens is 210 g/mol. The molecule has 2 heteroatoms. The van der Waals surface area contributed by atoms with E-state index in [-0.39, 0.29) is 0 Å². The van der Waals surface area contributed by atoms with E-state index in [9.17, 15) is 0 Å². The molecule has 1 N–H and O–H groups in total. The van der Waals surface area contributed by atoms with Gasteiger partial charge in [-0.3, -0.25) is 0 Å². The molecule has 2 nitrogen and oxygen atoms in total. The van der Waals surface area contributed by atoms with E-state index < -0.39 is 0 Å². The minimum Gasteiger partial charge on any atom is -0.383 e. The molecule has 0 atom stereocenters. The van der Waals surface area contributed by atoms with Crippen molar-refractivity contribution in [3.63, 3.8) is 0 Å². The Hall–Kier alpha value is -0.860. The van der Waals surface area contributed by atoms with Gasteiger partial charge in [-0.2, -0.15) is 0 Å². The molecule has 0 bridgehead atoms. The van der Waals surface area contributed by atoms with Gasteiger partial charge in [0.15, 0.2) is 0 Å². The van der Waals surface area contributed by atoms with Gasteiger partial charge in [0.05, 0.1) is 6.61 Å². The summed E-state index contributed by atoms with van der Waals surface area (Å²) in [6.45, 7) is 7.16. The Morgan fingerprint density at radius 3 is 2.71 bits per heavy atom. The molecule has 0 aliphatic carbocycles. The molecule has 1 rings (SSSR count). The van der Waals surface area contributed by atoms with E-state index in [2.05, 4.69) is 43.4 Å². The lowest BCUT2D eigenvalue weighted by Gasteiger charge is -2.08. The highest BCUT2D eigenvalue weighted by atomic mass is 16.5. The second kappa shape index (κ2) is 8.26. The van der Waals surface area contributed by atoms with E-state index in [1.165, 1.54) is 24.0 Å². The smallest absolute Gasteiger partial charge is 0.0587 e. The molecule has 1 aromatic carbocycles. The number of nitrogens with one attached hydrogen (secondary N) is 1. The van der Waals surface area contributed by atoms with Gasteiger partial charge in [0.1, 0.15) is 0 Å². The summed E-state index contributed by atoms with van der Waals surface area (Å²) in [5.74, 6) is 0.776. The van der Waals surface area contributed by atoms with Crippen molar-refractivity contribution in [1.82, 2.24) is 5.32 Å². The number of benzene rings is 1. The molecule has 0 aliphatic rings. The van der Waals surface area contributed by atoms with E-state index in [1.54, 1.807) is 7.11 Å². The quantitative estimate of drug-likeness (QED) is 0.699. The van der Waals surface area contributed by atoms with Crippen molar-refractivity contribution in [3.05, 3.63) is 35.4 Å². The van der Waals surface area contributed by atoms with Crippen LogP contribution in [0, 0.1) is 5.92 Å². The van der Waals surface area contributed by atoms with Crippen LogP contribution in [-0.4, -0.2) is 20.3 Å². The second-order valence-corrected chi connectivity index (χ2v) is 4.92. The first-order valence-electron chi connectivity index (χ1n) is 6.50. The standard InChI is InChI=1S/C15H25NO/c1-13(2)7-8-14-5-4-6-15(11-14)12-16-9-10-17-3/h4-6,11,13,16H,7-10,12H2,1-3H3. The lowest BCUT2D eigenvalue weighted by Crippen LogP contribution is -2.18. The fourth-order valence-electron chi connectivity index (χ4n) is 1.76. The van der Waals surface area contributed by atoms with Crippen LogP contribution < -0.4 is 5.32 Å². The molecule has 0 spiro atoms. The van der Waals surface area contributed by atoms with E-state index in [0.29, 0.717) is 0 Å². The van der Waals surface area contributed by atoms with E-state index in [0.717, 1.165) is 25.6 Å². The molecule has 0 fully saturated rings. The Balaban J connectivity index is 2.37. The molecule has 0 unspecified atom stereocenters. The van der Waals surface area contributed by atoms with Crippen molar-refractivity contribution in [2.24, 2.45) is 5.92 Å². The molecule has 0 amide bonds. The van der Waals surface area contributed by atoms with Crippen LogP contribution in [0.2, 0.25) is 0 Å². The Morgan fingerprint density at radius 2 is 2.00 bits per heavy atom. The lowest BCUT2D eigenvalue weighted by atomic mass is 10.0. The molecule has 0 aromatic heterocycles. The van der Waals surface area contributed by atoms with Crippen molar-refractivity contribution in [2.45, 2.75) is 33.2 Å². The summed E-state index contributed by atoms with van der Waals surface area (Å²) in [7, 11) is 1.73. The largest absolute Gasteiger partial charge is 0.383 e. The molecule has 96 valence electrons. The first kappa shape index (κ1) is 14.2. The third kappa shape index (κ3) is 6.44. The zero-order valence-electron chi connectivity index (χ0n) is 11.3. The first-order chi connectivity index (χ1) is 8.22. The Labute approximate surface area is 105 Å². The number of aryl methyl sites for hydroxylation is 1. The fourth-order valence-corrected chi connectivity index (χ4v) is 1.76.